The fourth-order valence-corrected chi connectivity index (χ4v) is 4.24. The second-order valence-electron chi connectivity index (χ2n) is 9.23. The number of hydrogen-bond donors (Lipinski definition) is 1. The summed E-state index contributed by atoms with van der Waals surface area (Å²) < 4.78 is 43.0. The molecule has 5 nitrogen and oxygen atoms in total. The van der Waals surface area contributed by atoms with Gasteiger partial charge in [-0.05, 0) is 54.8 Å². The van der Waals surface area contributed by atoms with Crippen LogP contribution in [0.5, 0.6) is 0 Å². The molecule has 0 fully saturated rings. The van der Waals surface area contributed by atoms with E-state index in [9.17, 15) is 18.0 Å². The predicted octanol–water partition coefficient (Wildman–Crippen LogP) is 6.77. The highest BCUT2D eigenvalue weighted by Crippen LogP contribution is 2.34. The minimum atomic E-state index is -4.60. The highest BCUT2D eigenvalue weighted by atomic mass is 19.4. The van der Waals surface area contributed by atoms with Gasteiger partial charge in [0.15, 0.2) is 0 Å². The van der Waals surface area contributed by atoms with Crippen LogP contribution >= 0.6 is 0 Å². The van der Waals surface area contributed by atoms with Crippen molar-refractivity contribution in [2.24, 2.45) is 0 Å². The number of carbonyl (C=O) groups excluding carboxylic acids is 1. The first-order valence-corrected chi connectivity index (χ1v) is 12.1. The third kappa shape index (κ3) is 5.83. The van der Waals surface area contributed by atoms with Crippen molar-refractivity contribution in [2.45, 2.75) is 26.6 Å². The molecule has 2 heterocycles. The normalized spacial score (nSPS) is 11.2. The third-order valence-electron chi connectivity index (χ3n) is 6.27. The van der Waals surface area contributed by atoms with Crippen molar-refractivity contribution in [1.29, 1.82) is 0 Å². The molecule has 0 saturated heterocycles. The Kier molecular flexibility index (Phi) is 6.90. The number of pyridine rings is 1. The zero-order chi connectivity index (χ0) is 27.6. The average molecular weight is 525 g/mol. The van der Waals surface area contributed by atoms with Crippen molar-refractivity contribution < 1.29 is 18.0 Å². The minimum Gasteiger partial charge on any atom is -0.322 e. The molecule has 0 aliphatic rings. The molecule has 3 aromatic carbocycles. The Balaban J connectivity index is 1.40. The molecule has 5 aromatic rings. The van der Waals surface area contributed by atoms with Crippen LogP contribution in [-0.4, -0.2) is 20.7 Å². The molecular weight excluding hydrogens is 501 g/mol. The Morgan fingerprint density at radius 3 is 2.51 bits per heavy atom. The number of fused-ring (bicyclic) bond motifs is 1. The lowest BCUT2D eigenvalue weighted by Crippen LogP contribution is -2.16. The van der Waals surface area contributed by atoms with E-state index in [1.54, 1.807) is 43.0 Å². The second kappa shape index (κ2) is 10.5. The van der Waals surface area contributed by atoms with Crippen molar-refractivity contribution in [1.82, 2.24) is 14.8 Å². The lowest BCUT2D eigenvalue weighted by Gasteiger charge is -2.15. The van der Waals surface area contributed by atoms with E-state index < -0.39 is 17.6 Å². The number of amides is 1. The largest absolute Gasteiger partial charge is 0.416 e. The Morgan fingerprint density at radius 1 is 0.949 bits per heavy atom. The molecule has 1 amide bonds. The molecule has 0 radical (unpaired) electrons. The van der Waals surface area contributed by atoms with Crippen LogP contribution in [0.2, 0.25) is 0 Å². The molecule has 0 atom stereocenters. The molecule has 0 spiro atoms. The maximum Gasteiger partial charge on any atom is 0.416 e. The zero-order valence-corrected chi connectivity index (χ0v) is 21.2. The second-order valence-corrected chi connectivity index (χ2v) is 9.23. The number of aryl methyl sites for hydroxylation is 2. The smallest absolute Gasteiger partial charge is 0.322 e. The summed E-state index contributed by atoms with van der Waals surface area (Å²) >= 11 is 0. The maximum atomic E-state index is 13.9. The lowest BCUT2D eigenvalue weighted by molar-refractivity contribution is -0.138. The van der Waals surface area contributed by atoms with Gasteiger partial charge in [-0.3, -0.25) is 14.5 Å². The quantitative estimate of drug-likeness (QED) is 0.264. The number of halogens is 3. The third-order valence-corrected chi connectivity index (χ3v) is 6.27. The number of aromatic nitrogens is 3. The van der Waals surface area contributed by atoms with Crippen LogP contribution in [0.25, 0.3) is 10.8 Å². The summed E-state index contributed by atoms with van der Waals surface area (Å²) in [6, 6.07) is 16.6. The van der Waals surface area contributed by atoms with Gasteiger partial charge in [0.25, 0.3) is 5.91 Å². The SMILES string of the molecule is Cc1cnn(Cc2ccc(NC(=O)c3ccc(C)c(C#Cc4cncc5ccccc45)c3)cc2C(F)(F)F)c1. The standard InChI is InChI=1S/C31H23F3N4O/c1-20-15-36-38(18-20)19-26-11-12-27(14-29(26)31(32,33)34)37-30(39)23-8-7-21(2)22(13-23)9-10-25-17-35-16-24-5-3-4-6-28(24)25/h3-8,11-18H,19H2,1-2H3,(H,37,39). The van der Waals surface area contributed by atoms with Crippen LogP contribution in [0.15, 0.2) is 85.5 Å². The summed E-state index contributed by atoms with van der Waals surface area (Å²) in [6.45, 7) is 3.65. The fourth-order valence-electron chi connectivity index (χ4n) is 4.24. The first-order chi connectivity index (χ1) is 18.7. The van der Waals surface area contributed by atoms with E-state index in [2.05, 4.69) is 27.2 Å². The topological polar surface area (TPSA) is 59.8 Å². The molecule has 0 aliphatic heterocycles. The number of carbonyl (C=O) groups is 1. The number of alkyl halides is 3. The van der Waals surface area contributed by atoms with E-state index in [0.29, 0.717) is 5.56 Å². The van der Waals surface area contributed by atoms with Crippen LogP contribution in [0.1, 0.15) is 43.7 Å². The van der Waals surface area contributed by atoms with Crippen LogP contribution < -0.4 is 5.32 Å². The van der Waals surface area contributed by atoms with Gasteiger partial charge in [-0.1, -0.05) is 48.2 Å². The molecule has 0 aliphatic carbocycles. The molecule has 2 aromatic heterocycles. The van der Waals surface area contributed by atoms with Gasteiger partial charge < -0.3 is 5.32 Å². The Morgan fingerprint density at radius 2 is 1.74 bits per heavy atom. The van der Waals surface area contributed by atoms with Gasteiger partial charge in [-0.2, -0.15) is 18.3 Å². The van der Waals surface area contributed by atoms with Gasteiger partial charge in [0.2, 0.25) is 0 Å². The average Bonchev–Trinajstić information content (AvgIpc) is 3.32. The number of nitrogens with zero attached hydrogens (tertiary/aromatic N) is 3. The zero-order valence-electron chi connectivity index (χ0n) is 21.2. The van der Waals surface area contributed by atoms with Gasteiger partial charge in [0.1, 0.15) is 0 Å². The Bertz CT molecular complexity index is 1750. The molecular formula is C31H23F3N4O. The fraction of sp³-hybridized carbons (Fsp3) is 0.129. The Labute approximate surface area is 223 Å². The molecule has 1 N–H and O–H groups in total. The van der Waals surface area contributed by atoms with Crippen LogP contribution in [0, 0.1) is 25.7 Å². The van der Waals surface area contributed by atoms with Gasteiger partial charge in [0.05, 0.1) is 23.9 Å². The van der Waals surface area contributed by atoms with E-state index >= 15 is 0 Å². The summed E-state index contributed by atoms with van der Waals surface area (Å²) in [4.78, 5) is 17.2. The monoisotopic (exact) mass is 524 g/mol. The minimum absolute atomic E-state index is 0.0386. The van der Waals surface area contributed by atoms with Crippen molar-refractivity contribution in [3.05, 3.63) is 124 Å². The van der Waals surface area contributed by atoms with E-state index in [-0.39, 0.29) is 23.4 Å². The summed E-state index contributed by atoms with van der Waals surface area (Å²) in [7, 11) is 0. The van der Waals surface area contributed by atoms with Crippen molar-refractivity contribution in [2.75, 3.05) is 5.32 Å². The summed E-state index contributed by atoms with van der Waals surface area (Å²) in [5.74, 6) is 5.72. The van der Waals surface area contributed by atoms with Crippen LogP contribution in [-0.2, 0) is 12.7 Å². The highest BCUT2D eigenvalue weighted by molar-refractivity contribution is 6.04. The van der Waals surface area contributed by atoms with Gasteiger partial charge in [0, 0.05) is 46.2 Å². The summed E-state index contributed by atoms with van der Waals surface area (Å²) in [5, 5.41) is 8.61. The first-order valence-electron chi connectivity index (χ1n) is 12.1. The molecule has 0 unspecified atom stereocenters. The van der Waals surface area contributed by atoms with E-state index in [1.165, 1.54) is 16.8 Å². The summed E-state index contributed by atoms with van der Waals surface area (Å²) in [5.41, 5.74) is 2.66. The van der Waals surface area contributed by atoms with Crippen molar-refractivity contribution >= 4 is 22.4 Å². The van der Waals surface area contributed by atoms with Crippen LogP contribution in [0.4, 0.5) is 18.9 Å². The predicted molar refractivity (Wildman–Crippen MR) is 144 cm³/mol. The van der Waals surface area contributed by atoms with E-state index in [1.807, 2.05) is 38.1 Å². The van der Waals surface area contributed by atoms with Gasteiger partial charge >= 0.3 is 6.18 Å². The lowest BCUT2D eigenvalue weighted by atomic mass is 10.0. The number of hydrogen-bond acceptors (Lipinski definition) is 3. The number of anilines is 1. The van der Waals surface area contributed by atoms with Crippen molar-refractivity contribution in [3.8, 4) is 11.8 Å². The molecule has 0 bridgehead atoms. The molecule has 39 heavy (non-hydrogen) atoms. The highest BCUT2D eigenvalue weighted by Gasteiger charge is 2.34. The molecule has 0 saturated carbocycles. The molecule has 8 heteroatoms. The van der Waals surface area contributed by atoms with Gasteiger partial charge in [-0.25, -0.2) is 0 Å². The maximum absolute atomic E-state index is 13.9. The Hall–Kier alpha value is -4.90. The van der Waals surface area contributed by atoms with E-state index in [0.717, 1.165) is 33.5 Å². The van der Waals surface area contributed by atoms with Crippen LogP contribution in [0.3, 0.4) is 0 Å². The van der Waals surface area contributed by atoms with Crippen molar-refractivity contribution in [3.63, 3.8) is 0 Å². The van der Waals surface area contributed by atoms with Gasteiger partial charge in [-0.15, -0.1) is 0 Å². The molecule has 5 rings (SSSR count). The summed E-state index contributed by atoms with van der Waals surface area (Å²) in [6.07, 6.45) is 2.12. The first kappa shape index (κ1) is 25.7. The van der Waals surface area contributed by atoms with E-state index in [4.69, 9.17) is 0 Å². The molecule has 194 valence electrons. The number of nitrogens with one attached hydrogen (secondary N) is 1. The number of rotatable bonds is 4. The number of benzene rings is 3.